The summed E-state index contributed by atoms with van der Waals surface area (Å²) in [6.07, 6.45) is 2.21. The van der Waals surface area contributed by atoms with Crippen LogP contribution in [0.3, 0.4) is 0 Å². The SMILES string of the molecule is CCNC(Cc1ccc(Br)cc1F)c1ccco1. The Labute approximate surface area is 114 Å². The summed E-state index contributed by atoms with van der Waals surface area (Å²) in [5.41, 5.74) is 0.681. The molecule has 0 amide bonds. The summed E-state index contributed by atoms with van der Waals surface area (Å²) in [4.78, 5) is 0. The molecule has 0 fully saturated rings. The van der Waals surface area contributed by atoms with Crippen LogP contribution in [0.2, 0.25) is 0 Å². The molecule has 0 radical (unpaired) electrons. The second-order valence-electron chi connectivity index (χ2n) is 4.07. The zero-order chi connectivity index (χ0) is 13.0. The molecule has 0 aliphatic heterocycles. The summed E-state index contributed by atoms with van der Waals surface area (Å²) in [6.45, 7) is 2.83. The maximum atomic E-state index is 13.8. The monoisotopic (exact) mass is 311 g/mol. The van der Waals surface area contributed by atoms with Crippen molar-refractivity contribution in [3.63, 3.8) is 0 Å². The van der Waals surface area contributed by atoms with Gasteiger partial charge in [0.2, 0.25) is 0 Å². The van der Waals surface area contributed by atoms with E-state index in [9.17, 15) is 4.39 Å². The van der Waals surface area contributed by atoms with Gasteiger partial charge in [-0.3, -0.25) is 0 Å². The first-order chi connectivity index (χ1) is 8.70. The van der Waals surface area contributed by atoms with Crippen LogP contribution in [0.5, 0.6) is 0 Å². The van der Waals surface area contributed by atoms with Crippen LogP contribution in [-0.4, -0.2) is 6.54 Å². The van der Waals surface area contributed by atoms with Crippen molar-refractivity contribution in [2.45, 2.75) is 19.4 Å². The van der Waals surface area contributed by atoms with Gasteiger partial charge in [-0.2, -0.15) is 0 Å². The number of furan rings is 1. The number of halogens is 2. The summed E-state index contributed by atoms with van der Waals surface area (Å²) in [5.74, 6) is 0.637. The van der Waals surface area contributed by atoms with Crippen molar-refractivity contribution in [3.05, 3.63) is 58.2 Å². The van der Waals surface area contributed by atoms with Gasteiger partial charge in [-0.05, 0) is 42.8 Å². The van der Waals surface area contributed by atoms with Gasteiger partial charge < -0.3 is 9.73 Å². The van der Waals surface area contributed by atoms with Crippen LogP contribution in [0.4, 0.5) is 4.39 Å². The summed E-state index contributed by atoms with van der Waals surface area (Å²) in [6, 6.07) is 8.89. The fourth-order valence-corrected chi connectivity index (χ4v) is 2.25. The molecule has 1 N–H and O–H groups in total. The van der Waals surface area contributed by atoms with Crippen molar-refractivity contribution >= 4 is 15.9 Å². The molecule has 0 spiro atoms. The smallest absolute Gasteiger partial charge is 0.127 e. The number of benzene rings is 1. The zero-order valence-corrected chi connectivity index (χ0v) is 11.7. The molecule has 4 heteroatoms. The Kier molecular flexibility index (Phi) is 4.55. The molecule has 2 rings (SSSR count). The van der Waals surface area contributed by atoms with Crippen molar-refractivity contribution in [1.82, 2.24) is 5.32 Å². The molecule has 2 aromatic rings. The Morgan fingerprint density at radius 3 is 2.83 bits per heavy atom. The molecule has 0 saturated carbocycles. The van der Waals surface area contributed by atoms with Crippen LogP contribution in [-0.2, 0) is 6.42 Å². The predicted molar refractivity (Wildman–Crippen MR) is 72.9 cm³/mol. The van der Waals surface area contributed by atoms with Crippen LogP contribution >= 0.6 is 15.9 Å². The highest BCUT2D eigenvalue weighted by molar-refractivity contribution is 9.10. The van der Waals surface area contributed by atoms with Gasteiger partial charge in [0.1, 0.15) is 11.6 Å². The van der Waals surface area contributed by atoms with E-state index in [0.29, 0.717) is 12.0 Å². The van der Waals surface area contributed by atoms with E-state index in [0.717, 1.165) is 16.8 Å². The minimum absolute atomic E-state index is 0.000625. The number of hydrogen-bond donors (Lipinski definition) is 1. The topological polar surface area (TPSA) is 25.2 Å². The molecule has 0 aliphatic carbocycles. The first kappa shape index (κ1) is 13.3. The lowest BCUT2D eigenvalue weighted by Gasteiger charge is -2.16. The molecule has 1 atom stereocenters. The number of nitrogens with one attached hydrogen (secondary N) is 1. The first-order valence-corrected chi connectivity index (χ1v) is 6.70. The third kappa shape index (κ3) is 3.21. The van der Waals surface area contributed by atoms with Crippen molar-refractivity contribution in [2.24, 2.45) is 0 Å². The van der Waals surface area contributed by atoms with E-state index in [1.54, 1.807) is 12.3 Å². The average Bonchev–Trinajstić information content (AvgIpc) is 2.85. The van der Waals surface area contributed by atoms with Crippen LogP contribution in [0, 0.1) is 5.82 Å². The Balaban J connectivity index is 2.18. The van der Waals surface area contributed by atoms with E-state index in [1.165, 1.54) is 6.07 Å². The molecule has 96 valence electrons. The van der Waals surface area contributed by atoms with Gasteiger partial charge in [0.05, 0.1) is 12.3 Å². The maximum absolute atomic E-state index is 13.8. The standard InChI is InChI=1S/C14H15BrFNO/c1-2-17-13(14-4-3-7-18-14)8-10-5-6-11(15)9-12(10)16/h3-7,9,13,17H,2,8H2,1H3. The highest BCUT2D eigenvalue weighted by Gasteiger charge is 2.16. The quantitative estimate of drug-likeness (QED) is 0.900. The van der Waals surface area contributed by atoms with E-state index < -0.39 is 0 Å². The molecular formula is C14H15BrFNO. The number of rotatable bonds is 5. The Hall–Kier alpha value is -1.13. The van der Waals surface area contributed by atoms with Gasteiger partial charge in [0.25, 0.3) is 0 Å². The van der Waals surface area contributed by atoms with Gasteiger partial charge >= 0.3 is 0 Å². The molecule has 0 bridgehead atoms. The van der Waals surface area contributed by atoms with Crippen molar-refractivity contribution in [3.8, 4) is 0 Å². The Morgan fingerprint density at radius 2 is 2.22 bits per heavy atom. The minimum atomic E-state index is -0.196. The number of hydrogen-bond acceptors (Lipinski definition) is 2. The van der Waals surface area contributed by atoms with Crippen molar-refractivity contribution < 1.29 is 8.81 Å². The molecule has 1 aromatic carbocycles. The van der Waals surface area contributed by atoms with Gasteiger partial charge in [-0.15, -0.1) is 0 Å². The third-order valence-electron chi connectivity index (χ3n) is 2.78. The van der Waals surface area contributed by atoms with Gasteiger partial charge in [-0.25, -0.2) is 4.39 Å². The summed E-state index contributed by atoms with van der Waals surface area (Å²) in [7, 11) is 0. The van der Waals surface area contributed by atoms with Gasteiger partial charge in [-0.1, -0.05) is 28.9 Å². The Morgan fingerprint density at radius 1 is 1.39 bits per heavy atom. The van der Waals surface area contributed by atoms with E-state index in [-0.39, 0.29) is 11.9 Å². The van der Waals surface area contributed by atoms with Crippen LogP contribution in [0.25, 0.3) is 0 Å². The van der Waals surface area contributed by atoms with E-state index in [1.807, 2.05) is 25.1 Å². The lowest BCUT2D eigenvalue weighted by Crippen LogP contribution is -2.22. The largest absolute Gasteiger partial charge is 0.468 e. The zero-order valence-electron chi connectivity index (χ0n) is 10.1. The normalized spacial score (nSPS) is 12.6. The molecular weight excluding hydrogens is 297 g/mol. The Bertz CT molecular complexity index is 499. The lowest BCUT2D eigenvalue weighted by molar-refractivity contribution is 0.412. The molecule has 0 aliphatic rings. The minimum Gasteiger partial charge on any atom is -0.468 e. The second kappa shape index (κ2) is 6.16. The van der Waals surface area contributed by atoms with E-state index in [2.05, 4.69) is 21.2 Å². The molecule has 1 heterocycles. The molecule has 0 saturated heterocycles. The molecule has 2 nitrogen and oxygen atoms in total. The van der Waals surface area contributed by atoms with Gasteiger partial charge in [0, 0.05) is 4.47 Å². The van der Waals surface area contributed by atoms with Crippen molar-refractivity contribution in [2.75, 3.05) is 6.54 Å². The summed E-state index contributed by atoms with van der Waals surface area (Å²) < 4.78 is 19.9. The van der Waals surface area contributed by atoms with E-state index >= 15 is 0 Å². The summed E-state index contributed by atoms with van der Waals surface area (Å²) in [5, 5.41) is 3.30. The predicted octanol–water partition coefficient (Wildman–Crippen LogP) is 4.07. The fourth-order valence-electron chi connectivity index (χ4n) is 1.92. The highest BCUT2D eigenvalue weighted by atomic mass is 79.9. The second-order valence-corrected chi connectivity index (χ2v) is 4.98. The van der Waals surface area contributed by atoms with Crippen LogP contribution < -0.4 is 5.32 Å². The van der Waals surface area contributed by atoms with Crippen molar-refractivity contribution in [1.29, 1.82) is 0 Å². The van der Waals surface area contributed by atoms with Crippen LogP contribution in [0.15, 0.2) is 45.5 Å². The summed E-state index contributed by atoms with van der Waals surface area (Å²) >= 11 is 3.26. The molecule has 1 aromatic heterocycles. The van der Waals surface area contributed by atoms with Crippen LogP contribution in [0.1, 0.15) is 24.3 Å². The van der Waals surface area contributed by atoms with E-state index in [4.69, 9.17) is 4.42 Å². The third-order valence-corrected chi connectivity index (χ3v) is 3.27. The maximum Gasteiger partial charge on any atom is 0.127 e. The molecule has 18 heavy (non-hydrogen) atoms. The van der Waals surface area contributed by atoms with Gasteiger partial charge in [0.15, 0.2) is 0 Å². The molecule has 1 unspecified atom stereocenters. The fraction of sp³-hybridized carbons (Fsp3) is 0.286. The first-order valence-electron chi connectivity index (χ1n) is 5.91. The highest BCUT2D eigenvalue weighted by Crippen LogP contribution is 2.22. The lowest BCUT2D eigenvalue weighted by atomic mass is 10.0. The number of likely N-dealkylation sites (N-methyl/N-ethyl adjacent to an activating group) is 1. The average molecular weight is 312 g/mol.